The van der Waals surface area contributed by atoms with Gasteiger partial charge in [0.1, 0.15) is 0 Å². The summed E-state index contributed by atoms with van der Waals surface area (Å²) in [5, 5.41) is 4.22. The minimum atomic E-state index is -0.861. The van der Waals surface area contributed by atoms with E-state index >= 15 is 0 Å². The molecule has 9 heteroatoms. The zero-order valence-corrected chi connectivity index (χ0v) is 14.2. The van der Waals surface area contributed by atoms with E-state index in [9.17, 15) is 14.4 Å². The molecule has 0 bridgehead atoms. The Bertz CT molecular complexity index is 621. The van der Waals surface area contributed by atoms with Crippen LogP contribution in [0.2, 0.25) is 0 Å². The van der Waals surface area contributed by atoms with Crippen LogP contribution < -0.4 is 9.80 Å². The molecule has 24 heavy (non-hydrogen) atoms. The molecule has 1 fully saturated rings. The summed E-state index contributed by atoms with van der Waals surface area (Å²) < 4.78 is 10.5. The van der Waals surface area contributed by atoms with Gasteiger partial charge in [-0.1, -0.05) is 0 Å². The van der Waals surface area contributed by atoms with Crippen LogP contribution in [0.5, 0.6) is 0 Å². The van der Waals surface area contributed by atoms with Crippen molar-refractivity contribution in [3.8, 4) is 0 Å². The number of aromatic nitrogens is 2. The number of nitrogens with zero attached hydrogens (tertiary/aromatic N) is 4. The van der Waals surface area contributed by atoms with Crippen LogP contribution in [0.1, 0.15) is 33.1 Å². The van der Waals surface area contributed by atoms with E-state index in [1.807, 2.05) is 4.90 Å². The maximum absolute atomic E-state index is 12.1. The number of methoxy groups -OCH3 is 1. The molecule has 132 valence electrons. The lowest BCUT2D eigenvalue weighted by Crippen LogP contribution is -2.38. The third-order valence-electron chi connectivity index (χ3n) is 3.70. The number of hydrogen-bond donors (Lipinski definition) is 0. The van der Waals surface area contributed by atoms with E-state index < -0.39 is 18.1 Å². The van der Waals surface area contributed by atoms with Gasteiger partial charge in [-0.3, -0.25) is 4.79 Å². The largest absolute Gasteiger partial charge is 0.451 e. The Balaban J connectivity index is 2.44. The highest BCUT2D eigenvalue weighted by atomic mass is 16.6. The molecule has 1 aromatic heterocycles. The Labute approximate surface area is 140 Å². The van der Waals surface area contributed by atoms with Crippen molar-refractivity contribution in [1.29, 1.82) is 0 Å². The molecule has 0 spiro atoms. The highest BCUT2D eigenvalue weighted by Gasteiger charge is 2.30. The van der Waals surface area contributed by atoms with Crippen LogP contribution in [0.4, 0.5) is 21.2 Å². The van der Waals surface area contributed by atoms with Crippen molar-refractivity contribution in [2.45, 2.75) is 33.1 Å². The van der Waals surface area contributed by atoms with Gasteiger partial charge in [0.15, 0.2) is 11.6 Å². The highest BCUT2D eigenvalue weighted by Crippen LogP contribution is 2.26. The molecule has 2 heterocycles. The highest BCUT2D eigenvalue weighted by molar-refractivity contribution is 6.11. The van der Waals surface area contributed by atoms with Crippen LogP contribution in [0, 0.1) is 0 Å². The molecule has 0 atom stereocenters. The molecule has 2 rings (SSSR count). The SMILES string of the molecule is CCOC(=O)N(C(C)=O)c1cc(N2CCCCC2)nn1C(=O)OC. The number of amides is 2. The fraction of sp³-hybridized carbons (Fsp3) is 0.600. The second kappa shape index (κ2) is 7.80. The van der Waals surface area contributed by atoms with E-state index in [1.54, 1.807) is 6.92 Å². The molecule has 2 amide bonds. The molecule has 1 aliphatic rings. The van der Waals surface area contributed by atoms with Crippen LogP contribution in [-0.2, 0) is 14.3 Å². The smallest absolute Gasteiger partial charge is 0.436 e. The van der Waals surface area contributed by atoms with E-state index in [4.69, 9.17) is 9.47 Å². The van der Waals surface area contributed by atoms with Gasteiger partial charge >= 0.3 is 12.2 Å². The fourth-order valence-corrected chi connectivity index (χ4v) is 2.59. The van der Waals surface area contributed by atoms with E-state index in [0.29, 0.717) is 5.82 Å². The molecular weight excluding hydrogens is 316 g/mol. The first-order chi connectivity index (χ1) is 11.5. The lowest BCUT2D eigenvalue weighted by Gasteiger charge is -2.26. The zero-order chi connectivity index (χ0) is 17.7. The first kappa shape index (κ1) is 17.8. The van der Waals surface area contributed by atoms with Gasteiger partial charge in [0.2, 0.25) is 5.91 Å². The molecule has 9 nitrogen and oxygen atoms in total. The number of hydrogen-bond acceptors (Lipinski definition) is 7. The van der Waals surface area contributed by atoms with Crippen molar-refractivity contribution >= 4 is 29.7 Å². The lowest BCUT2D eigenvalue weighted by molar-refractivity contribution is -0.116. The van der Waals surface area contributed by atoms with Crippen LogP contribution in [-0.4, -0.2) is 54.7 Å². The van der Waals surface area contributed by atoms with Gasteiger partial charge in [-0.25, -0.2) is 9.59 Å². The molecule has 1 saturated heterocycles. The molecule has 0 aromatic carbocycles. The summed E-state index contributed by atoms with van der Waals surface area (Å²) in [4.78, 5) is 38.8. The molecular formula is C15H22N4O5. The zero-order valence-electron chi connectivity index (χ0n) is 14.2. The standard InChI is InChI=1S/C15H22N4O5/c1-4-24-14(21)18(11(2)20)13-10-12(16-19(13)15(22)23-3)17-8-6-5-7-9-17/h10H,4-9H2,1-3H3. The van der Waals surface area contributed by atoms with E-state index in [2.05, 4.69) is 5.10 Å². The van der Waals surface area contributed by atoms with Crippen molar-refractivity contribution in [2.24, 2.45) is 0 Å². The topological polar surface area (TPSA) is 94.0 Å². The van der Waals surface area contributed by atoms with Gasteiger partial charge in [0, 0.05) is 26.1 Å². The van der Waals surface area contributed by atoms with Crippen LogP contribution in [0.3, 0.4) is 0 Å². The van der Waals surface area contributed by atoms with Crippen molar-refractivity contribution in [3.63, 3.8) is 0 Å². The first-order valence-electron chi connectivity index (χ1n) is 7.90. The number of anilines is 2. The average Bonchev–Trinajstić information content (AvgIpc) is 3.00. The number of rotatable bonds is 3. The van der Waals surface area contributed by atoms with Crippen LogP contribution in [0.15, 0.2) is 6.07 Å². The van der Waals surface area contributed by atoms with E-state index in [-0.39, 0.29) is 12.4 Å². The van der Waals surface area contributed by atoms with Crippen LogP contribution >= 0.6 is 0 Å². The Morgan fingerprint density at radius 2 is 1.92 bits per heavy atom. The summed E-state index contributed by atoms with van der Waals surface area (Å²) in [5.74, 6) is -0.0530. The fourth-order valence-electron chi connectivity index (χ4n) is 2.59. The summed E-state index contributed by atoms with van der Waals surface area (Å²) >= 11 is 0. The molecule has 0 N–H and O–H groups in total. The maximum Gasteiger partial charge on any atom is 0.436 e. The molecule has 0 saturated carbocycles. The minimum absolute atomic E-state index is 0.00775. The van der Waals surface area contributed by atoms with Gasteiger partial charge in [-0.2, -0.15) is 4.90 Å². The summed E-state index contributed by atoms with van der Waals surface area (Å²) in [5.41, 5.74) is 0. The lowest BCUT2D eigenvalue weighted by atomic mass is 10.1. The summed E-state index contributed by atoms with van der Waals surface area (Å²) in [7, 11) is 1.21. The second-order valence-corrected chi connectivity index (χ2v) is 5.34. The van der Waals surface area contributed by atoms with Crippen molar-refractivity contribution in [1.82, 2.24) is 9.78 Å². The normalized spacial score (nSPS) is 14.2. The van der Waals surface area contributed by atoms with Gasteiger partial charge in [0.25, 0.3) is 0 Å². The predicted molar refractivity (Wildman–Crippen MR) is 86.3 cm³/mol. The van der Waals surface area contributed by atoms with Crippen molar-refractivity contribution < 1.29 is 23.9 Å². The Kier molecular flexibility index (Phi) is 5.78. The van der Waals surface area contributed by atoms with Crippen molar-refractivity contribution in [2.75, 3.05) is 36.6 Å². The van der Waals surface area contributed by atoms with Gasteiger partial charge in [-0.15, -0.1) is 9.78 Å². The Morgan fingerprint density at radius 1 is 1.25 bits per heavy atom. The molecule has 1 aliphatic heterocycles. The van der Waals surface area contributed by atoms with Gasteiger partial charge in [0.05, 0.1) is 13.7 Å². The number of carbonyl (C=O) groups excluding carboxylic acids is 3. The molecule has 0 aliphatic carbocycles. The summed E-state index contributed by atoms with van der Waals surface area (Å²) in [6, 6.07) is 1.53. The number of carbonyl (C=O) groups is 3. The predicted octanol–water partition coefficient (Wildman–Crippen LogP) is 2.00. The molecule has 0 radical (unpaired) electrons. The van der Waals surface area contributed by atoms with E-state index in [0.717, 1.165) is 41.9 Å². The quantitative estimate of drug-likeness (QED) is 0.832. The Morgan fingerprint density at radius 3 is 2.46 bits per heavy atom. The summed E-state index contributed by atoms with van der Waals surface area (Å²) in [6.07, 6.45) is 1.54. The molecule has 1 aromatic rings. The van der Waals surface area contributed by atoms with Gasteiger partial charge in [-0.05, 0) is 26.2 Å². The second-order valence-electron chi connectivity index (χ2n) is 5.34. The average molecular weight is 338 g/mol. The summed E-state index contributed by atoms with van der Waals surface area (Å²) in [6.45, 7) is 4.56. The van der Waals surface area contributed by atoms with Gasteiger partial charge < -0.3 is 14.4 Å². The minimum Gasteiger partial charge on any atom is -0.451 e. The third kappa shape index (κ3) is 3.66. The first-order valence-corrected chi connectivity index (χ1v) is 7.90. The number of imide groups is 1. The number of piperidine rings is 1. The molecule has 0 unspecified atom stereocenters. The monoisotopic (exact) mass is 338 g/mol. The van der Waals surface area contributed by atoms with Crippen LogP contribution in [0.25, 0.3) is 0 Å². The maximum atomic E-state index is 12.1. The Hall–Kier alpha value is -2.58. The van der Waals surface area contributed by atoms with E-state index in [1.165, 1.54) is 20.1 Å². The number of ether oxygens (including phenoxy) is 2. The van der Waals surface area contributed by atoms with Crippen molar-refractivity contribution in [3.05, 3.63) is 6.07 Å². The third-order valence-corrected chi connectivity index (χ3v) is 3.70.